The second-order valence-corrected chi connectivity index (χ2v) is 15.3. The molecular formula is C35H46F3NO11. The largest absolute Gasteiger partial charge is 0.490 e. The van der Waals surface area contributed by atoms with Crippen molar-refractivity contribution in [3.63, 3.8) is 0 Å². The SMILES string of the molecule is C=C1C[C@]23C[C@H](OC(C)=O)[C@]4(O)[C@@]5(C)C[C@H](O)C[C@]46C([C@H]2[C@H]1[C@@H](OC(=O)/C(C)=C/C)[C@@H](OC(=O)/C(C)=C/CO)[C@H]36)N(C)C5.O=C(O)C(F)(F)F. The zero-order valence-electron chi connectivity index (χ0n) is 29.0. The van der Waals surface area contributed by atoms with Gasteiger partial charge in [0, 0.05) is 53.3 Å². The molecule has 6 fully saturated rings. The fraction of sp³-hybridized carbons (Fsp3) is 0.714. The summed E-state index contributed by atoms with van der Waals surface area (Å²) in [6.07, 6.45) is -4.03. The molecule has 0 aromatic carbocycles. The molecule has 2 spiro atoms. The predicted molar refractivity (Wildman–Crippen MR) is 168 cm³/mol. The maximum absolute atomic E-state index is 13.6. The predicted octanol–water partition coefficient (Wildman–Crippen LogP) is 2.70. The minimum absolute atomic E-state index is 0.148. The Kier molecular flexibility index (Phi) is 9.45. The normalized spacial score (nSPS) is 43.0. The Bertz CT molecular complexity index is 1540. The fourth-order valence-electron chi connectivity index (χ4n) is 11.5. The van der Waals surface area contributed by atoms with Crippen molar-refractivity contribution < 1.29 is 67.0 Å². The number of aliphatic carboxylic acids is 1. The highest BCUT2D eigenvalue weighted by molar-refractivity contribution is 5.89. The second-order valence-electron chi connectivity index (χ2n) is 15.3. The van der Waals surface area contributed by atoms with Gasteiger partial charge in [0.05, 0.1) is 12.7 Å². The second kappa shape index (κ2) is 12.4. The number of ether oxygens (including phenoxy) is 3. The number of carbonyl (C=O) groups excluding carboxylic acids is 3. The average Bonchev–Trinajstić information content (AvgIpc) is 3.27. The number of hydrogen-bond donors (Lipinski definition) is 4. The van der Waals surface area contributed by atoms with Crippen molar-refractivity contribution in [2.75, 3.05) is 20.2 Å². The smallest absolute Gasteiger partial charge is 0.475 e. The van der Waals surface area contributed by atoms with Gasteiger partial charge in [-0.1, -0.05) is 25.2 Å². The Morgan fingerprint density at radius 2 is 1.60 bits per heavy atom. The number of hydrogen-bond acceptors (Lipinski definition) is 11. The van der Waals surface area contributed by atoms with E-state index in [-0.39, 0.29) is 36.5 Å². The van der Waals surface area contributed by atoms with Gasteiger partial charge in [-0.2, -0.15) is 13.2 Å². The van der Waals surface area contributed by atoms with Crippen molar-refractivity contribution in [3.8, 4) is 0 Å². The first-order valence-corrected chi connectivity index (χ1v) is 16.7. The molecule has 1 aliphatic heterocycles. The molecular weight excluding hydrogens is 667 g/mol. The van der Waals surface area contributed by atoms with Crippen molar-refractivity contribution in [3.05, 3.63) is 35.5 Å². The molecule has 1 unspecified atom stereocenters. The first-order chi connectivity index (χ1) is 23.1. The van der Waals surface area contributed by atoms with Crippen LogP contribution in [-0.4, -0.2) is 112 Å². The summed E-state index contributed by atoms with van der Waals surface area (Å²) in [5.41, 5.74) is -2.52. The monoisotopic (exact) mass is 713 g/mol. The van der Waals surface area contributed by atoms with Gasteiger partial charge in [0.25, 0.3) is 0 Å². The number of piperidine rings is 1. The number of halogens is 3. The molecule has 12 atom stereocenters. The molecule has 1 heterocycles. The highest BCUT2D eigenvalue weighted by Gasteiger charge is 2.91. The molecule has 6 aliphatic rings. The van der Waals surface area contributed by atoms with E-state index in [2.05, 4.69) is 11.5 Å². The van der Waals surface area contributed by atoms with E-state index in [1.807, 2.05) is 14.0 Å². The van der Waals surface area contributed by atoms with E-state index in [0.29, 0.717) is 31.4 Å². The average molecular weight is 714 g/mol. The first-order valence-electron chi connectivity index (χ1n) is 16.7. The van der Waals surface area contributed by atoms with Crippen LogP contribution < -0.4 is 0 Å². The van der Waals surface area contributed by atoms with E-state index < -0.39 is 82.2 Å². The van der Waals surface area contributed by atoms with Crippen LogP contribution in [0.15, 0.2) is 35.5 Å². The minimum atomic E-state index is -5.08. The maximum Gasteiger partial charge on any atom is 0.490 e. The van der Waals surface area contributed by atoms with E-state index in [0.717, 1.165) is 5.57 Å². The molecule has 278 valence electrons. The third kappa shape index (κ3) is 5.16. The van der Waals surface area contributed by atoms with E-state index in [4.69, 9.17) is 24.1 Å². The topological polar surface area (TPSA) is 180 Å². The summed E-state index contributed by atoms with van der Waals surface area (Å²) in [7, 11) is 2.04. The molecule has 5 saturated carbocycles. The lowest BCUT2D eigenvalue weighted by Gasteiger charge is -2.72. The molecule has 6 rings (SSSR count). The minimum Gasteiger partial charge on any atom is -0.475 e. The zero-order valence-corrected chi connectivity index (χ0v) is 29.0. The van der Waals surface area contributed by atoms with Crippen LogP contribution in [0.2, 0.25) is 0 Å². The van der Waals surface area contributed by atoms with Crippen LogP contribution in [-0.2, 0) is 33.4 Å². The van der Waals surface area contributed by atoms with Gasteiger partial charge in [0.1, 0.15) is 23.9 Å². The van der Waals surface area contributed by atoms with Crippen molar-refractivity contribution in [1.29, 1.82) is 0 Å². The number of aliphatic hydroxyl groups is 3. The lowest BCUT2D eigenvalue weighted by molar-refractivity contribution is -0.343. The quantitative estimate of drug-likeness (QED) is 0.137. The molecule has 5 aliphatic carbocycles. The highest BCUT2D eigenvalue weighted by Crippen LogP contribution is 2.85. The lowest BCUT2D eigenvalue weighted by atomic mass is 9.38. The van der Waals surface area contributed by atoms with Gasteiger partial charge in [-0.15, -0.1) is 0 Å². The van der Waals surface area contributed by atoms with Crippen LogP contribution in [0.5, 0.6) is 0 Å². The van der Waals surface area contributed by atoms with E-state index in [1.165, 1.54) is 13.0 Å². The van der Waals surface area contributed by atoms with Gasteiger partial charge >= 0.3 is 30.1 Å². The molecule has 0 radical (unpaired) electrons. The van der Waals surface area contributed by atoms with Crippen molar-refractivity contribution in [2.24, 2.45) is 34.0 Å². The van der Waals surface area contributed by atoms with Crippen molar-refractivity contribution in [2.45, 2.75) is 103 Å². The van der Waals surface area contributed by atoms with Crippen LogP contribution >= 0.6 is 0 Å². The number of nitrogens with zero attached hydrogens (tertiary/aromatic N) is 1. The molecule has 0 amide bonds. The van der Waals surface area contributed by atoms with E-state index in [9.17, 15) is 42.9 Å². The number of rotatable bonds is 6. The van der Waals surface area contributed by atoms with Crippen LogP contribution in [0.1, 0.15) is 60.3 Å². The zero-order chi connectivity index (χ0) is 37.5. The molecule has 1 saturated heterocycles. The third-order valence-corrected chi connectivity index (χ3v) is 12.6. The molecule has 50 heavy (non-hydrogen) atoms. The summed E-state index contributed by atoms with van der Waals surface area (Å²) in [6.45, 7) is 12.9. The molecule has 0 aromatic rings. The van der Waals surface area contributed by atoms with E-state index >= 15 is 0 Å². The maximum atomic E-state index is 13.6. The number of carboxylic acids is 1. The van der Waals surface area contributed by atoms with Gasteiger partial charge in [-0.05, 0) is 70.9 Å². The number of allylic oxidation sites excluding steroid dienone is 1. The molecule has 6 bridgehead atoms. The Labute approximate surface area is 287 Å². The van der Waals surface area contributed by atoms with Gasteiger partial charge in [0.2, 0.25) is 0 Å². The molecule has 4 N–H and O–H groups in total. The third-order valence-electron chi connectivity index (χ3n) is 12.6. The lowest BCUT2D eigenvalue weighted by Crippen LogP contribution is -2.82. The van der Waals surface area contributed by atoms with Gasteiger partial charge in [-0.25, -0.2) is 14.4 Å². The number of alkyl halides is 3. The number of carbonyl (C=O) groups is 4. The number of likely N-dealkylation sites (tertiary alicyclic amines) is 1. The molecule has 0 aromatic heterocycles. The fourth-order valence-corrected chi connectivity index (χ4v) is 11.5. The van der Waals surface area contributed by atoms with Crippen LogP contribution in [0.3, 0.4) is 0 Å². The van der Waals surface area contributed by atoms with E-state index in [1.54, 1.807) is 26.8 Å². The Balaban J connectivity index is 0.000000630. The number of aliphatic hydroxyl groups excluding tert-OH is 2. The van der Waals surface area contributed by atoms with Gasteiger partial charge in [0.15, 0.2) is 0 Å². The van der Waals surface area contributed by atoms with Gasteiger partial charge < -0.3 is 39.5 Å². The van der Waals surface area contributed by atoms with Crippen LogP contribution in [0, 0.1) is 34.0 Å². The summed E-state index contributed by atoms with van der Waals surface area (Å²) in [4.78, 5) is 50.6. The summed E-state index contributed by atoms with van der Waals surface area (Å²) in [6, 6.07) is -0.280. The first kappa shape index (κ1) is 38.0. The summed E-state index contributed by atoms with van der Waals surface area (Å²) >= 11 is 0. The Morgan fingerprint density at radius 1 is 1.02 bits per heavy atom. The summed E-state index contributed by atoms with van der Waals surface area (Å²) in [5.74, 6) is -5.47. The molecule has 12 nitrogen and oxygen atoms in total. The Hall–Kier alpha value is -3.27. The van der Waals surface area contributed by atoms with Crippen molar-refractivity contribution in [1.82, 2.24) is 4.90 Å². The summed E-state index contributed by atoms with van der Waals surface area (Å²) < 4.78 is 50.4. The van der Waals surface area contributed by atoms with Crippen LogP contribution in [0.25, 0.3) is 0 Å². The van der Waals surface area contributed by atoms with Crippen LogP contribution in [0.4, 0.5) is 13.2 Å². The number of carboxylic acid groups (broad SMARTS) is 1. The van der Waals surface area contributed by atoms with Gasteiger partial charge in [-0.3, -0.25) is 4.79 Å². The standard InChI is InChI=1S/C33H45NO9.C2HF3O2/c1-8-16(2)28(38)42-24-22-18(4)11-31-14-21(41-19(5)36)33(40)30(6)12-20(37)13-32(33,27(23(22)31)34(7)15-30)26(31)25(24)43-29(39)17(3)9-10-35;3-2(4,5)1(6)7/h8-9,20-27,35,37,40H,4,10-15H2,1-3,5-7H3;(H,6,7)/b16-8+,17-9+;/t20-,21-,22-,23+,24+,25+,26+,27?,30-,31-,32-,33-;/m0./s1. The highest BCUT2D eigenvalue weighted by atomic mass is 19.4. The molecule has 15 heteroatoms. The van der Waals surface area contributed by atoms with Crippen molar-refractivity contribution >= 4 is 23.9 Å². The Morgan fingerprint density at radius 3 is 2.14 bits per heavy atom. The summed E-state index contributed by atoms with van der Waals surface area (Å²) in [5, 5.41) is 41.4. The number of esters is 3.